The minimum Gasteiger partial charge on any atom is -0.407 e. The van der Waals surface area contributed by atoms with E-state index in [9.17, 15) is 4.79 Å². The van der Waals surface area contributed by atoms with Gasteiger partial charge in [-0.3, -0.25) is 15.6 Å². The molecular weight excluding hydrogens is 458 g/mol. The van der Waals surface area contributed by atoms with Crippen molar-refractivity contribution in [3.8, 4) is 0 Å². The Balaban J connectivity index is 1.35. The maximum absolute atomic E-state index is 13.0. The van der Waals surface area contributed by atoms with E-state index in [0.717, 1.165) is 11.1 Å². The van der Waals surface area contributed by atoms with Crippen molar-refractivity contribution >= 4 is 35.0 Å². The summed E-state index contributed by atoms with van der Waals surface area (Å²) in [5, 5.41) is 22.3. The van der Waals surface area contributed by atoms with Gasteiger partial charge in [0, 0.05) is 37.5 Å². The minimum absolute atomic E-state index is 0.115. The van der Waals surface area contributed by atoms with Gasteiger partial charge >= 0.3 is 0 Å². The Hall–Kier alpha value is -4.57. The number of aromatic nitrogens is 1. The van der Waals surface area contributed by atoms with Crippen LogP contribution in [0.4, 0.5) is 11.5 Å². The summed E-state index contributed by atoms with van der Waals surface area (Å²) in [6.45, 7) is 1.31. The first-order valence-corrected chi connectivity index (χ1v) is 11.4. The summed E-state index contributed by atoms with van der Waals surface area (Å²) in [6, 6.07) is 19.9. The number of nitrogens with one attached hydrogen (secondary N) is 4. The molecule has 2 aliphatic rings. The molecule has 3 aromatic rings. The van der Waals surface area contributed by atoms with Crippen LogP contribution in [-0.2, 0) is 14.3 Å². The van der Waals surface area contributed by atoms with Crippen LogP contribution in [0, 0.1) is 10.8 Å². The molecule has 0 saturated carbocycles. The Morgan fingerprint density at radius 2 is 1.81 bits per heavy atom. The lowest BCUT2D eigenvalue weighted by Gasteiger charge is -2.39. The molecule has 3 heterocycles. The number of amidine groups is 1. The fourth-order valence-corrected chi connectivity index (χ4v) is 4.08. The first kappa shape index (κ1) is 23.2. The molecule has 0 bridgehead atoms. The third-order valence-corrected chi connectivity index (χ3v) is 5.98. The van der Waals surface area contributed by atoms with Crippen molar-refractivity contribution in [2.45, 2.75) is 12.3 Å². The molecule has 2 aromatic carbocycles. The molecule has 1 amide bonds. The van der Waals surface area contributed by atoms with Gasteiger partial charge in [0.05, 0.1) is 23.1 Å². The third-order valence-electron chi connectivity index (χ3n) is 5.98. The highest BCUT2D eigenvalue weighted by Crippen LogP contribution is 2.25. The van der Waals surface area contributed by atoms with E-state index in [0.29, 0.717) is 35.9 Å². The van der Waals surface area contributed by atoms with Crippen LogP contribution in [0.2, 0.25) is 0 Å². The van der Waals surface area contributed by atoms with Crippen LogP contribution in [0.1, 0.15) is 16.7 Å². The van der Waals surface area contributed by atoms with Crippen molar-refractivity contribution in [3.63, 3.8) is 0 Å². The molecule has 36 heavy (non-hydrogen) atoms. The number of aliphatic imine (C=N–C) groups is 1. The standard InChI is InChI=1S/C26H25N7O3/c1-35-17-14-33(15-17)24-19(11-7-13-29-24)22(27)36-26(28)32-23-25(34)30-20-12-6-5-10-18(20)21(31-23)16-8-3-2-4-9-16/h2-13,17,23,27H,14-15H2,1H3,(H2,28,32)(H,30,34). The third kappa shape index (κ3) is 4.66. The SMILES string of the molecule is COC1CN(c2ncccc2C(=N)OC(=N)NC2N=C(c3ccccc3)c3ccccc3NC2=O)C1. The van der Waals surface area contributed by atoms with Crippen molar-refractivity contribution in [2.24, 2.45) is 4.99 Å². The number of nitrogens with zero attached hydrogens (tertiary/aromatic N) is 3. The number of benzene rings is 2. The summed E-state index contributed by atoms with van der Waals surface area (Å²) in [5.41, 5.74) is 3.26. The van der Waals surface area contributed by atoms with Crippen LogP contribution < -0.4 is 15.5 Å². The second-order valence-corrected chi connectivity index (χ2v) is 8.32. The number of pyridine rings is 1. The van der Waals surface area contributed by atoms with Gasteiger partial charge in [0.25, 0.3) is 11.9 Å². The molecule has 2 aliphatic heterocycles. The number of amides is 1. The molecule has 10 heteroatoms. The average molecular weight is 484 g/mol. The summed E-state index contributed by atoms with van der Waals surface area (Å²) >= 11 is 0. The molecule has 1 atom stereocenters. The molecule has 5 rings (SSSR count). The number of fused-ring (bicyclic) bond motifs is 1. The fourth-order valence-electron chi connectivity index (χ4n) is 4.08. The highest BCUT2D eigenvalue weighted by molar-refractivity contribution is 6.19. The minimum atomic E-state index is -1.14. The molecule has 4 N–H and O–H groups in total. The lowest BCUT2D eigenvalue weighted by Crippen LogP contribution is -2.52. The second kappa shape index (κ2) is 9.96. The summed E-state index contributed by atoms with van der Waals surface area (Å²) in [6.07, 6.45) is 0.618. The second-order valence-electron chi connectivity index (χ2n) is 8.32. The zero-order valence-electron chi connectivity index (χ0n) is 19.6. The fraction of sp³-hybridized carbons (Fsp3) is 0.192. The first-order chi connectivity index (χ1) is 17.5. The summed E-state index contributed by atoms with van der Waals surface area (Å²) in [4.78, 5) is 24.0. The van der Waals surface area contributed by atoms with E-state index in [1.807, 2.05) is 53.4 Å². The number of ether oxygens (including phenoxy) is 2. The van der Waals surface area contributed by atoms with Crippen LogP contribution in [0.15, 0.2) is 77.9 Å². The Bertz CT molecular complexity index is 1340. The number of methoxy groups -OCH3 is 1. The van der Waals surface area contributed by atoms with Gasteiger partial charge in [-0.2, -0.15) is 0 Å². The predicted molar refractivity (Wildman–Crippen MR) is 137 cm³/mol. The topological polar surface area (TPSA) is 136 Å². The molecule has 1 unspecified atom stereocenters. The number of carbonyl (C=O) groups is 1. The predicted octanol–water partition coefficient (Wildman–Crippen LogP) is 2.60. The van der Waals surface area contributed by atoms with E-state index < -0.39 is 18.1 Å². The van der Waals surface area contributed by atoms with Gasteiger partial charge < -0.3 is 25.0 Å². The van der Waals surface area contributed by atoms with E-state index in [-0.39, 0.29) is 12.0 Å². The van der Waals surface area contributed by atoms with E-state index in [1.165, 1.54) is 0 Å². The maximum atomic E-state index is 13.0. The van der Waals surface area contributed by atoms with Crippen molar-refractivity contribution in [1.29, 1.82) is 10.8 Å². The van der Waals surface area contributed by atoms with E-state index >= 15 is 0 Å². The molecule has 0 spiro atoms. The Kier molecular flexibility index (Phi) is 6.42. The molecule has 10 nitrogen and oxygen atoms in total. The number of hydrogen-bond acceptors (Lipinski definition) is 8. The average Bonchev–Trinajstić information content (AvgIpc) is 3.00. The normalized spacial score (nSPS) is 17.1. The van der Waals surface area contributed by atoms with Gasteiger partial charge in [-0.05, 0) is 18.2 Å². The largest absolute Gasteiger partial charge is 0.407 e. The lowest BCUT2D eigenvalue weighted by molar-refractivity contribution is -0.117. The zero-order chi connectivity index (χ0) is 25.1. The van der Waals surface area contributed by atoms with Crippen molar-refractivity contribution in [2.75, 3.05) is 30.4 Å². The first-order valence-electron chi connectivity index (χ1n) is 11.4. The van der Waals surface area contributed by atoms with Crippen LogP contribution >= 0.6 is 0 Å². The van der Waals surface area contributed by atoms with Gasteiger partial charge in [-0.1, -0.05) is 48.5 Å². The zero-order valence-corrected chi connectivity index (χ0v) is 19.6. The van der Waals surface area contributed by atoms with Crippen LogP contribution in [0.3, 0.4) is 0 Å². The maximum Gasteiger partial charge on any atom is 0.290 e. The van der Waals surface area contributed by atoms with Crippen molar-refractivity contribution in [3.05, 3.63) is 89.6 Å². The number of anilines is 2. The van der Waals surface area contributed by atoms with E-state index in [2.05, 4.69) is 20.6 Å². The summed E-state index contributed by atoms with van der Waals surface area (Å²) < 4.78 is 10.8. The van der Waals surface area contributed by atoms with Gasteiger partial charge in [-0.15, -0.1) is 0 Å². The number of benzodiazepines with no additional fused rings is 1. The molecule has 1 saturated heterocycles. The van der Waals surface area contributed by atoms with Crippen LogP contribution in [0.25, 0.3) is 0 Å². The molecular formula is C26H25N7O3. The molecule has 1 aromatic heterocycles. The quantitative estimate of drug-likeness (QED) is 0.325. The number of para-hydroxylation sites is 1. The van der Waals surface area contributed by atoms with Crippen molar-refractivity contribution in [1.82, 2.24) is 10.3 Å². The Labute approximate surface area is 208 Å². The highest BCUT2D eigenvalue weighted by atomic mass is 16.5. The molecule has 0 radical (unpaired) electrons. The van der Waals surface area contributed by atoms with Gasteiger partial charge in [-0.25, -0.2) is 9.98 Å². The van der Waals surface area contributed by atoms with Gasteiger partial charge in [0.1, 0.15) is 5.82 Å². The Morgan fingerprint density at radius 3 is 2.58 bits per heavy atom. The van der Waals surface area contributed by atoms with Gasteiger partial charge in [0.2, 0.25) is 12.1 Å². The number of hydrogen-bond donors (Lipinski definition) is 4. The van der Waals surface area contributed by atoms with E-state index in [4.69, 9.17) is 20.3 Å². The molecule has 1 fully saturated rings. The number of rotatable bonds is 5. The summed E-state index contributed by atoms with van der Waals surface area (Å²) in [5.74, 6) is -0.127. The Morgan fingerprint density at radius 1 is 1.06 bits per heavy atom. The monoisotopic (exact) mass is 483 g/mol. The highest BCUT2D eigenvalue weighted by Gasteiger charge is 2.31. The smallest absolute Gasteiger partial charge is 0.290 e. The molecule has 0 aliphatic carbocycles. The molecule has 182 valence electrons. The van der Waals surface area contributed by atoms with Crippen LogP contribution in [0.5, 0.6) is 0 Å². The van der Waals surface area contributed by atoms with Gasteiger partial charge in [0.15, 0.2) is 0 Å². The van der Waals surface area contributed by atoms with Crippen molar-refractivity contribution < 1.29 is 14.3 Å². The summed E-state index contributed by atoms with van der Waals surface area (Å²) in [7, 11) is 1.66. The van der Waals surface area contributed by atoms with Crippen LogP contribution in [-0.4, -0.2) is 61.0 Å². The van der Waals surface area contributed by atoms with E-state index in [1.54, 1.807) is 31.5 Å². The lowest BCUT2D eigenvalue weighted by atomic mass is 10.0. The number of carbonyl (C=O) groups excluding carboxylic acids is 1.